The van der Waals surface area contributed by atoms with Gasteiger partial charge in [-0.25, -0.2) is 0 Å². The maximum atomic E-state index is 4.47. The van der Waals surface area contributed by atoms with Gasteiger partial charge in [0.2, 0.25) is 0 Å². The lowest BCUT2D eigenvalue weighted by Crippen LogP contribution is -2.19. The van der Waals surface area contributed by atoms with Crippen molar-refractivity contribution in [3.05, 3.63) is 63.0 Å². The molecule has 0 amide bonds. The zero-order valence-electron chi connectivity index (χ0n) is 10.7. The molecule has 1 aromatic carbocycles. The molecule has 1 atom stereocenters. The number of nitrogens with zero attached hydrogens (tertiary/aromatic N) is 1. The van der Waals surface area contributed by atoms with E-state index in [-0.39, 0.29) is 0 Å². The summed E-state index contributed by atoms with van der Waals surface area (Å²) < 4.78 is 1.26. The lowest BCUT2D eigenvalue weighted by molar-refractivity contribution is 0.584. The van der Waals surface area contributed by atoms with Gasteiger partial charge in [-0.1, -0.05) is 18.2 Å². The van der Waals surface area contributed by atoms with Crippen LogP contribution in [0.25, 0.3) is 0 Å². The van der Waals surface area contributed by atoms with Gasteiger partial charge in [-0.2, -0.15) is 0 Å². The lowest BCUT2D eigenvalue weighted by Gasteiger charge is -2.16. The van der Waals surface area contributed by atoms with Gasteiger partial charge in [0, 0.05) is 27.9 Å². The highest BCUT2D eigenvalue weighted by molar-refractivity contribution is 14.1. The van der Waals surface area contributed by atoms with Crippen LogP contribution in [0.3, 0.4) is 0 Å². The van der Waals surface area contributed by atoms with Crippen LogP contribution in [-0.2, 0) is 6.42 Å². The highest BCUT2D eigenvalue weighted by Gasteiger charge is 2.10. The van der Waals surface area contributed by atoms with Crippen molar-refractivity contribution in [1.29, 1.82) is 0 Å². The van der Waals surface area contributed by atoms with Gasteiger partial charge >= 0.3 is 0 Å². The second-order valence-electron chi connectivity index (χ2n) is 4.42. The third-order valence-corrected chi connectivity index (χ3v) is 3.73. The zero-order valence-corrected chi connectivity index (χ0v) is 12.8. The van der Waals surface area contributed by atoms with E-state index in [1.165, 1.54) is 14.7 Å². The molecule has 0 aliphatic heterocycles. The molecule has 3 heteroatoms. The lowest BCUT2D eigenvalue weighted by atomic mass is 10.0. The van der Waals surface area contributed by atoms with Crippen molar-refractivity contribution in [3.63, 3.8) is 0 Å². The number of halogens is 1. The molecule has 0 fully saturated rings. The Balaban J connectivity index is 2.14. The largest absolute Gasteiger partial charge is 0.313 e. The van der Waals surface area contributed by atoms with Gasteiger partial charge in [0.05, 0.1) is 0 Å². The summed E-state index contributed by atoms with van der Waals surface area (Å²) in [5.41, 5.74) is 3.63. The Morgan fingerprint density at radius 1 is 1.17 bits per heavy atom. The smallest absolute Gasteiger partial charge is 0.0422 e. The van der Waals surface area contributed by atoms with Crippen molar-refractivity contribution in [2.24, 2.45) is 0 Å². The number of likely N-dealkylation sites (N-methyl/N-ethyl adjacent to an activating group) is 1. The van der Waals surface area contributed by atoms with E-state index in [0.717, 1.165) is 12.1 Å². The van der Waals surface area contributed by atoms with Crippen LogP contribution in [0.1, 0.15) is 22.9 Å². The van der Waals surface area contributed by atoms with E-state index in [9.17, 15) is 0 Å². The molecule has 1 unspecified atom stereocenters. The van der Waals surface area contributed by atoms with Gasteiger partial charge < -0.3 is 5.32 Å². The van der Waals surface area contributed by atoms with Crippen LogP contribution < -0.4 is 5.32 Å². The summed E-state index contributed by atoms with van der Waals surface area (Å²) >= 11 is 2.33. The first-order valence-corrected chi connectivity index (χ1v) is 7.11. The molecular weight excluding hydrogens is 335 g/mol. The highest BCUT2D eigenvalue weighted by atomic mass is 127. The molecule has 0 saturated heterocycles. The minimum atomic E-state index is 0.317. The number of hydrogen-bond acceptors (Lipinski definition) is 2. The minimum absolute atomic E-state index is 0.317. The highest BCUT2D eigenvalue weighted by Crippen LogP contribution is 2.18. The van der Waals surface area contributed by atoms with Crippen LogP contribution in [0.4, 0.5) is 0 Å². The monoisotopic (exact) mass is 352 g/mol. The maximum Gasteiger partial charge on any atom is 0.0422 e. The Morgan fingerprint density at radius 2 is 1.89 bits per heavy atom. The quantitative estimate of drug-likeness (QED) is 0.852. The van der Waals surface area contributed by atoms with E-state index in [0.29, 0.717) is 6.04 Å². The molecule has 94 valence electrons. The Kier molecular flexibility index (Phi) is 4.72. The van der Waals surface area contributed by atoms with Crippen molar-refractivity contribution < 1.29 is 0 Å². The summed E-state index contributed by atoms with van der Waals surface area (Å²) in [7, 11) is 2.00. The van der Waals surface area contributed by atoms with Crippen molar-refractivity contribution >= 4 is 22.6 Å². The Hall–Kier alpha value is -0.940. The molecule has 0 spiro atoms. The fraction of sp³-hybridized carbons (Fsp3) is 0.267. The van der Waals surface area contributed by atoms with Crippen LogP contribution in [0, 0.1) is 10.5 Å². The van der Waals surface area contributed by atoms with Crippen LogP contribution in [0.2, 0.25) is 0 Å². The normalized spacial score (nSPS) is 12.4. The molecule has 2 nitrogen and oxygen atoms in total. The molecule has 2 aromatic rings. The topological polar surface area (TPSA) is 24.9 Å². The molecule has 0 aliphatic rings. The molecular formula is C15H17IN2. The number of benzene rings is 1. The van der Waals surface area contributed by atoms with Gasteiger partial charge in [-0.3, -0.25) is 4.98 Å². The number of aryl methyl sites for hydroxylation is 1. The first kappa shape index (κ1) is 13.5. The Labute approximate surface area is 122 Å². The second-order valence-corrected chi connectivity index (χ2v) is 5.67. The van der Waals surface area contributed by atoms with Gasteiger partial charge in [0.25, 0.3) is 0 Å². The Bertz CT molecular complexity index is 491. The first-order chi connectivity index (χ1) is 8.69. The molecule has 0 radical (unpaired) electrons. The minimum Gasteiger partial charge on any atom is -0.313 e. The van der Waals surface area contributed by atoms with E-state index in [1.54, 1.807) is 0 Å². The van der Waals surface area contributed by atoms with Crippen LogP contribution in [0.5, 0.6) is 0 Å². The number of pyridine rings is 1. The summed E-state index contributed by atoms with van der Waals surface area (Å²) in [4.78, 5) is 4.47. The summed E-state index contributed by atoms with van der Waals surface area (Å²) in [5.74, 6) is 0. The SMILES string of the molecule is CNC(Cc1ccc(C)cn1)c1ccc(I)cc1. The van der Waals surface area contributed by atoms with Gasteiger partial charge in [0.1, 0.15) is 0 Å². The van der Waals surface area contributed by atoms with Gasteiger partial charge in [0.15, 0.2) is 0 Å². The van der Waals surface area contributed by atoms with E-state index in [4.69, 9.17) is 0 Å². The number of rotatable bonds is 4. The summed E-state index contributed by atoms with van der Waals surface area (Å²) in [6, 6.07) is 13.2. The van der Waals surface area contributed by atoms with E-state index < -0.39 is 0 Å². The molecule has 2 rings (SSSR count). The molecule has 18 heavy (non-hydrogen) atoms. The molecule has 0 bridgehead atoms. The van der Waals surface area contributed by atoms with E-state index >= 15 is 0 Å². The summed E-state index contributed by atoms with van der Waals surface area (Å²) in [6.45, 7) is 2.06. The Morgan fingerprint density at radius 3 is 2.44 bits per heavy atom. The van der Waals surface area contributed by atoms with Gasteiger partial charge in [-0.15, -0.1) is 0 Å². The predicted molar refractivity (Wildman–Crippen MR) is 83.6 cm³/mol. The number of nitrogens with one attached hydrogen (secondary N) is 1. The maximum absolute atomic E-state index is 4.47. The standard InChI is InChI=1S/C15H17IN2/c1-11-3-8-14(18-10-11)9-15(17-2)12-4-6-13(16)7-5-12/h3-8,10,15,17H,9H2,1-2H3. The molecule has 0 saturated carbocycles. The summed E-state index contributed by atoms with van der Waals surface area (Å²) in [5, 5.41) is 3.36. The van der Waals surface area contributed by atoms with E-state index in [2.05, 4.69) is 76.2 Å². The van der Waals surface area contributed by atoms with Crippen LogP contribution in [-0.4, -0.2) is 12.0 Å². The fourth-order valence-corrected chi connectivity index (χ4v) is 2.27. The number of aromatic nitrogens is 1. The number of hydrogen-bond donors (Lipinski definition) is 1. The molecule has 1 N–H and O–H groups in total. The summed E-state index contributed by atoms with van der Waals surface area (Å²) in [6.07, 6.45) is 2.84. The predicted octanol–water partition coefficient (Wildman–Crippen LogP) is 3.50. The van der Waals surface area contributed by atoms with Gasteiger partial charge in [-0.05, 0) is 65.9 Å². The van der Waals surface area contributed by atoms with Crippen molar-refractivity contribution in [2.75, 3.05) is 7.05 Å². The molecule has 0 aliphatic carbocycles. The second kappa shape index (κ2) is 6.29. The van der Waals surface area contributed by atoms with Crippen LogP contribution in [0.15, 0.2) is 42.6 Å². The van der Waals surface area contributed by atoms with Crippen molar-refractivity contribution in [1.82, 2.24) is 10.3 Å². The van der Waals surface area contributed by atoms with Crippen molar-refractivity contribution in [3.8, 4) is 0 Å². The molecule has 1 aromatic heterocycles. The fourth-order valence-electron chi connectivity index (χ4n) is 1.91. The first-order valence-electron chi connectivity index (χ1n) is 6.03. The van der Waals surface area contributed by atoms with Crippen molar-refractivity contribution in [2.45, 2.75) is 19.4 Å². The molecule has 1 heterocycles. The third-order valence-electron chi connectivity index (χ3n) is 3.01. The average molecular weight is 352 g/mol. The zero-order chi connectivity index (χ0) is 13.0. The van der Waals surface area contributed by atoms with Crippen LogP contribution >= 0.6 is 22.6 Å². The third kappa shape index (κ3) is 3.53. The average Bonchev–Trinajstić information content (AvgIpc) is 2.39. The van der Waals surface area contributed by atoms with E-state index in [1.807, 2.05) is 13.2 Å².